The van der Waals surface area contributed by atoms with Crippen molar-refractivity contribution in [3.05, 3.63) is 12.8 Å². The Morgan fingerprint density at radius 2 is 2.17 bits per heavy atom. The van der Waals surface area contributed by atoms with Gasteiger partial charge in [-0.3, -0.25) is 4.79 Å². The van der Waals surface area contributed by atoms with Gasteiger partial charge < -0.3 is 4.90 Å². The average Bonchev–Trinajstić information content (AvgIpc) is 2.05. The van der Waals surface area contributed by atoms with Gasteiger partial charge >= 0.3 is 0 Å². The second-order valence-electron chi connectivity index (χ2n) is 3.22. The van der Waals surface area contributed by atoms with Crippen molar-refractivity contribution in [1.29, 1.82) is 0 Å². The van der Waals surface area contributed by atoms with E-state index in [2.05, 4.69) is 13.5 Å². The summed E-state index contributed by atoms with van der Waals surface area (Å²) in [4.78, 5) is 13.1. The summed E-state index contributed by atoms with van der Waals surface area (Å²) in [6.07, 6.45) is 3.78. The number of carbonyl (C=O) groups excluding carboxylic acids is 1. The highest BCUT2D eigenvalue weighted by Crippen LogP contribution is 2.03. The summed E-state index contributed by atoms with van der Waals surface area (Å²) in [6.45, 7) is 10.4. The van der Waals surface area contributed by atoms with Crippen molar-refractivity contribution < 1.29 is 4.79 Å². The van der Waals surface area contributed by atoms with Crippen LogP contribution >= 0.6 is 0 Å². The molecule has 0 atom stereocenters. The summed E-state index contributed by atoms with van der Waals surface area (Å²) in [5, 5.41) is 0. The van der Waals surface area contributed by atoms with Gasteiger partial charge in [-0.1, -0.05) is 33.8 Å². The molecule has 0 unspecified atom stereocenters. The molecule has 0 aliphatic rings. The quantitative estimate of drug-likeness (QED) is 0.619. The van der Waals surface area contributed by atoms with E-state index in [0.29, 0.717) is 0 Å². The monoisotopic (exact) mass is 169 g/mol. The molecular weight excluding hydrogens is 150 g/mol. The molecule has 0 aromatic rings. The van der Waals surface area contributed by atoms with E-state index >= 15 is 0 Å². The lowest BCUT2D eigenvalue weighted by molar-refractivity contribution is -0.131. The zero-order valence-corrected chi connectivity index (χ0v) is 8.34. The van der Waals surface area contributed by atoms with E-state index in [-0.39, 0.29) is 11.8 Å². The zero-order chi connectivity index (χ0) is 9.56. The van der Waals surface area contributed by atoms with Gasteiger partial charge in [0.15, 0.2) is 0 Å². The largest absolute Gasteiger partial charge is 0.319 e. The van der Waals surface area contributed by atoms with Gasteiger partial charge in [-0.05, 0) is 12.6 Å². The molecule has 0 heterocycles. The summed E-state index contributed by atoms with van der Waals surface area (Å²) < 4.78 is 0. The maximum absolute atomic E-state index is 11.4. The van der Waals surface area contributed by atoms with Gasteiger partial charge in [0.2, 0.25) is 5.91 Å². The van der Waals surface area contributed by atoms with E-state index in [1.54, 1.807) is 11.1 Å². The van der Waals surface area contributed by atoms with Crippen LogP contribution in [0.2, 0.25) is 0 Å². The van der Waals surface area contributed by atoms with Crippen LogP contribution in [0.4, 0.5) is 0 Å². The molecule has 0 radical (unpaired) electrons. The van der Waals surface area contributed by atoms with Crippen LogP contribution in [-0.4, -0.2) is 17.4 Å². The Labute approximate surface area is 75.3 Å². The third-order valence-electron chi connectivity index (χ3n) is 1.75. The topological polar surface area (TPSA) is 20.3 Å². The van der Waals surface area contributed by atoms with Crippen molar-refractivity contribution in [2.45, 2.75) is 33.6 Å². The van der Waals surface area contributed by atoms with Crippen molar-refractivity contribution in [2.24, 2.45) is 5.92 Å². The average molecular weight is 169 g/mol. The van der Waals surface area contributed by atoms with Crippen LogP contribution in [0.1, 0.15) is 33.6 Å². The lowest BCUT2D eigenvalue weighted by Crippen LogP contribution is -2.30. The SMILES string of the molecule is C=CN(CCCC)C(=O)C(C)C. The van der Waals surface area contributed by atoms with Crippen molar-refractivity contribution in [1.82, 2.24) is 4.90 Å². The number of amides is 1. The van der Waals surface area contributed by atoms with E-state index in [0.717, 1.165) is 19.4 Å². The minimum Gasteiger partial charge on any atom is -0.319 e. The fraction of sp³-hybridized carbons (Fsp3) is 0.700. The molecule has 2 heteroatoms. The van der Waals surface area contributed by atoms with Gasteiger partial charge in [-0.25, -0.2) is 0 Å². The van der Waals surface area contributed by atoms with Crippen LogP contribution in [0.3, 0.4) is 0 Å². The molecule has 0 N–H and O–H groups in total. The first-order chi connectivity index (χ1) is 5.63. The molecule has 0 aliphatic heterocycles. The molecule has 0 spiro atoms. The maximum Gasteiger partial charge on any atom is 0.229 e. The molecule has 0 bridgehead atoms. The van der Waals surface area contributed by atoms with Gasteiger partial charge in [0.1, 0.15) is 0 Å². The highest BCUT2D eigenvalue weighted by atomic mass is 16.2. The van der Waals surface area contributed by atoms with Gasteiger partial charge in [0, 0.05) is 12.5 Å². The zero-order valence-electron chi connectivity index (χ0n) is 8.34. The highest BCUT2D eigenvalue weighted by Gasteiger charge is 2.12. The number of unbranched alkanes of at least 4 members (excludes halogenated alkanes) is 1. The second kappa shape index (κ2) is 5.81. The number of nitrogens with zero attached hydrogens (tertiary/aromatic N) is 1. The number of carbonyl (C=O) groups is 1. The number of hydrogen-bond donors (Lipinski definition) is 0. The van der Waals surface area contributed by atoms with E-state index in [1.165, 1.54) is 0 Å². The predicted octanol–water partition coefficient (Wildman–Crippen LogP) is 2.41. The minimum absolute atomic E-state index is 0.0693. The van der Waals surface area contributed by atoms with E-state index in [4.69, 9.17) is 0 Å². The van der Waals surface area contributed by atoms with Gasteiger partial charge in [0.25, 0.3) is 0 Å². The third-order valence-corrected chi connectivity index (χ3v) is 1.75. The Hall–Kier alpha value is -0.790. The predicted molar refractivity (Wildman–Crippen MR) is 51.7 cm³/mol. The first-order valence-corrected chi connectivity index (χ1v) is 4.56. The summed E-state index contributed by atoms with van der Waals surface area (Å²) in [7, 11) is 0. The standard InChI is InChI=1S/C10H19NO/c1-5-7-8-11(6-2)10(12)9(3)4/h6,9H,2,5,7-8H2,1,3-4H3. The Morgan fingerprint density at radius 1 is 1.58 bits per heavy atom. The molecule has 70 valence electrons. The third kappa shape index (κ3) is 3.56. The number of rotatable bonds is 5. The van der Waals surface area contributed by atoms with Crippen LogP contribution in [-0.2, 0) is 4.79 Å². The maximum atomic E-state index is 11.4. The first kappa shape index (κ1) is 11.2. The lowest BCUT2D eigenvalue weighted by atomic mass is 10.2. The van der Waals surface area contributed by atoms with Crippen molar-refractivity contribution in [3.63, 3.8) is 0 Å². The van der Waals surface area contributed by atoms with Crippen LogP contribution in [0.25, 0.3) is 0 Å². The normalized spacial score (nSPS) is 10.0. The van der Waals surface area contributed by atoms with Gasteiger partial charge in [-0.2, -0.15) is 0 Å². The Balaban J connectivity index is 3.96. The molecule has 2 nitrogen and oxygen atoms in total. The molecule has 12 heavy (non-hydrogen) atoms. The Bertz CT molecular complexity index is 152. The van der Waals surface area contributed by atoms with Gasteiger partial charge in [-0.15, -0.1) is 0 Å². The van der Waals surface area contributed by atoms with Gasteiger partial charge in [0.05, 0.1) is 0 Å². The van der Waals surface area contributed by atoms with Crippen LogP contribution < -0.4 is 0 Å². The minimum atomic E-state index is 0.0693. The van der Waals surface area contributed by atoms with Crippen molar-refractivity contribution >= 4 is 5.91 Å². The first-order valence-electron chi connectivity index (χ1n) is 4.56. The molecule has 0 fully saturated rings. The molecule has 1 amide bonds. The van der Waals surface area contributed by atoms with Crippen molar-refractivity contribution in [3.8, 4) is 0 Å². The smallest absolute Gasteiger partial charge is 0.229 e. The fourth-order valence-electron chi connectivity index (χ4n) is 0.952. The lowest BCUT2D eigenvalue weighted by Gasteiger charge is -2.19. The second-order valence-corrected chi connectivity index (χ2v) is 3.22. The molecule has 0 aliphatic carbocycles. The molecule has 0 rings (SSSR count). The number of hydrogen-bond acceptors (Lipinski definition) is 1. The van der Waals surface area contributed by atoms with E-state index in [1.807, 2.05) is 13.8 Å². The Morgan fingerprint density at radius 3 is 2.50 bits per heavy atom. The van der Waals surface area contributed by atoms with Crippen LogP contribution in [0, 0.1) is 5.92 Å². The molecule has 0 aromatic heterocycles. The molecule has 0 aromatic carbocycles. The summed E-state index contributed by atoms with van der Waals surface area (Å²) in [5.41, 5.74) is 0. The molecule has 0 saturated heterocycles. The summed E-state index contributed by atoms with van der Waals surface area (Å²) in [5.74, 6) is 0.235. The summed E-state index contributed by atoms with van der Waals surface area (Å²) in [6, 6.07) is 0. The van der Waals surface area contributed by atoms with Crippen LogP contribution in [0.15, 0.2) is 12.8 Å². The summed E-state index contributed by atoms with van der Waals surface area (Å²) >= 11 is 0. The molecular formula is C10H19NO. The van der Waals surface area contributed by atoms with E-state index in [9.17, 15) is 4.79 Å². The van der Waals surface area contributed by atoms with E-state index < -0.39 is 0 Å². The van der Waals surface area contributed by atoms with Crippen molar-refractivity contribution in [2.75, 3.05) is 6.54 Å². The van der Waals surface area contributed by atoms with Crippen LogP contribution in [0.5, 0.6) is 0 Å². The fourth-order valence-corrected chi connectivity index (χ4v) is 0.952. The Kier molecular flexibility index (Phi) is 5.43. The molecule has 0 saturated carbocycles. The highest BCUT2D eigenvalue weighted by molar-refractivity contribution is 5.78.